The van der Waals surface area contributed by atoms with Gasteiger partial charge in [-0.1, -0.05) is 25.3 Å². The van der Waals surface area contributed by atoms with Gasteiger partial charge in [0, 0.05) is 12.6 Å². The Bertz CT molecular complexity index is 233. The van der Waals surface area contributed by atoms with Gasteiger partial charge in [0.1, 0.15) is 0 Å². The fourth-order valence-corrected chi connectivity index (χ4v) is 3.44. The lowest BCUT2D eigenvalue weighted by molar-refractivity contribution is 0.0179. The van der Waals surface area contributed by atoms with E-state index >= 15 is 0 Å². The van der Waals surface area contributed by atoms with Gasteiger partial charge < -0.3 is 10.1 Å². The second-order valence-electron chi connectivity index (χ2n) is 5.66. The second-order valence-corrected chi connectivity index (χ2v) is 5.66. The summed E-state index contributed by atoms with van der Waals surface area (Å²) in [5.41, 5.74) is 0.680. The molecule has 98 valence electrons. The molecule has 2 saturated carbocycles. The molecule has 1 spiro atoms. The van der Waals surface area contributed by atoms with Crippen molar-refractivity contribution < 1.29 is 4.74 Å². The van der Waals surface area contributed by atoms with Crippen LogP contribution in [0.5, 0.6) is 0 Å². The van der Waals surface area contributed by atoms with Crippen molar-refractivity contribution in [3.05, 3.63) is 12.7 Å². The Morgan fingerprint density at radius 2 is 2.00 bits per heavy atom. The summed E-state index contributed by atoms with van der Waals surface area (Å²) < 4.78 is 5.54. The summed E-state index contributed by atoms with van der Waals surface area (Å²) in [7, 11) is 0. The van der Waals surface area contributed by atoms with E-state index in [2.05, 4.69) is 11.9 Å². The van der Waals surface area contributed by atoms with Gasteiger partial charge in [-0.15, -0.1) is 6.58 Å². The highest BCUT2D eigenvalue weighted by atomic mass is 16.5. The molecule has 0 saturated heterocycles. The molecule has 2 aliphatic rings. The summed E-state index contributed by atoms with van der Waals surface area (Å²) in [5, 5.41) is 3.71. The number of hydrogen-bond acceptors (Lipinski definition) is 2. The number of ether oxygens (including phenoxy) is 1. The summed E-state index contributed by atoms with van der Waals surface area (Å²) in [6, 6.07) is 0.783. The Hall–Kier alpha value is -0.340. The third-order valence-corrected chi connectivity index (χ3v) is 4.62. The number of nitrogens with one attached hydrogen (secondary N) is 1. The van der Waals surface area contributed by atoms with E-state index in [1.165, 1.54) is 44.9 Å². The largest absolute Gasteiger partial charge is 0.380 e. The Morgan fingerprint density at radius 1 is 1.18 bits per heavy atom. The predicted octanol–water partition coefficient (Wildman–Crippen LogP) is 3.28. The number of hydrogen-bond donors (Lipinski definition) is 1. The normalized spacial score (nSPS) is 26.7. The molecule has 0 amide bonds. The quantitative estimate of drug-likeness (QED) is 0.542. The van der Waals surface area contributed by atoms with Crippen molar-refractivity contribution in [2.45, 2.75) is 57.4 Å². The van der Waals surface area contributed by atoms with Crippen LogP contribution in [0.1, 0.15) is 51.4 Å². The van der Waals surface area contributed by atoms with Gasteiger partial charge in [0.05, 0.1) is 13.2 Å². The third kappa shape index (κ3) is 3.32. The lowest BCUT2D eigenvalue weighted by Crippen LogP contribution is -2.54. The highest BCUT2D eigenvalue weighted by Crippen LogP contribution is 2.51. The first kappa shape index (κ1) is 13.1. The van der Waals surface area contributed by atoms with Crippen LogP contribution in [0.3, 0.4) is 0 Å². The molecule has 0 heterocycles. The Labute approximate surface area is 106 Å². The molecule has 2 rings (SSSR count). The third-order valence-electron chi connectivity index (χ3n) is 4.62. The maximum atomic E-state index is 5.54. The van der Waals surface area contributed by atoms with Crippen LogP contribution in [0.2, 0.25) is 0 Å². The van der Waals surface area contributed by atoms with Gasteiger partial charge in [0.25, 0.3) is 0 Å². The monoisotopic (exact) mass is 237 g/mol. The van der Waals surface area contributed by atoms with Crippen LogP contribution in [0.15, 0.2) is 12.7 Å². The van der Waals surface area contributed by atoms with Crippen LogP contribution in [-0.4, -0.2) is 25.8 Å². The fraction of sp³-hybridized carbons (Fsp3) is 0.867. The lowest BCUT2D eigenvalue weighted by Gasteiger charge is -2.52. The second kappa shape index (κ2) is 6.55. The highest BCUT2D eigenvalue weighted by Gasteiger charge is 2.46. The summed E-state index contributed by atoms with van der Waals surface area (Å²) in [4.78, 5) is 0. The van der Waals surface area contributed by atoms with Gasteiger partial charge in [-0.3, -0.25) is 0 Å². The van der Waals surface area contributed by atoms with Crippen molar-refractivity contribution in [1.29, 1.82) is 0 Å². The molecule has 0 aliphatic heterocycles. The van der Waals surface area contributed by atoms with E-state index in [1.807, 2.05) is 6.08 Å². The van der Waals surface area contributed by atoms with Gasteiger partial charge in [0.15, 0.2) is 0 Å². The molecular weight excluding hydrogens is 210 g/mol. The Morgan fingerprint density at radius 3 is 2.65 bits per heavy atom. The summed E-state index contributed by atoms with van der Waals surface area (Å²) in [5.74, 6) is 0. The average molecular weight is 237 g/mol. The minimum Gasteiger partial charge on any atom is -0.380 e. The van der Waals surface area contributed by atoms with Crippen LogP contribution < -0.4 is 5.32 Å². The van der Waals surface area contributed by atoms with E-state index in [9.17, 15) is 0 Å². The van der Waals surface area contributed by atoms with E-state index < -0.39 is 0 Å². The molecule has 0 aromatic heterocycles. The van der Waals surface area contributed by atoms with E-state index in [0.717, 1.165) is 32.2 Å². The van der Waals surface area contributed by atoms with Gasteiger partial charge in [0.2, 0.25) is 0 Å². The summed E-state index contributed by atoms with van der Waals surface area (Å²) in [6.45, 7) is 6.38. The zero-order valence-electron chi connectivity index (χ0n) is 11.0. The van der Waals surface area contributed by atoms with Crippen LogP contribution in [0, 0.1) is 5.41 Å². The van der Waals surface area contributed by atoms with Gasteiger partial charge in [-0.25, -0.2) is 0 Å². The molecule has 0 aromatic carbocycles. The number of rotatable bonds is 7. The SMILES string of the molecule is C=CCCOCCNC1CCC12CCCCC2. The zero-order valence-corrected chi connectivity index (χ0v) is 11.0. The van der Waals surface area contributed by atoms with Gasteiger partial charge >= 0.3 is 0 Å². The van der Waals surface area contributed by atoms with Crippen molar-refractivity contribution in [3.8, 4) is 0 Å². The van der Waals surface area contributed by atoms with Crippen molar-refractivity contribution in [1.82, 2.24) is 5.32 Å². The van der Waals surface area contributed by atoms with E-state index in [0.29, 0.717) is 5.41 Å². The molecule has 0 aromatic rings. The molecule has 1 atom stereocenters. The van der Waals surface area contributed by atoms with E-state index in [-0.39, 0.29) is 0 Å². The van der Waals surface area contributed by atoms with Crippen molar-refractivity contribution >= 4 is 0 Å². The predicted molar refractivity (Wildman–Crippen MR) is 72.2 cm³/mol. The maximum Gasteiger partial charge on any atom is 0.0591 e. The van der Waals surface area contributed by atoms with Crippen molar-refractivity contribution in [3.63, 3.8) is 0 Å². The van der Waals surface area contributed by atoms with Crippen LogP contribution >= 0.6 is 0 Å². The molecule has 1 N–H and O–H groups in total. The van der Waals surface area contributed by atoms with Crippen molar-refractivity contribution in [2.24, 2.45) is 5.41 Å². The molecule has 0 bridgehead atoms. The Kier molecular flexibility index (Phi) is 5.05. The standard InChI is InChI=1S/C15H27NO/c1-2-3-12-17-13-11-16-14-7-10-15(14)8-5-4-6-9-15/h2,14,16H,1,3-13H2. The van der Waals surface area contributed by atoms with Crippen LogP contribution in [0.4, 0.5) is 0 Å². The molecule has 0 radical (unpaired) electrons. The van der Waals surface area contributed by atoms with Gasteiger partial charge in [-0.05, 0) is 37.5 Å². The molecule has 2 fully saturated rings. The molecule has 2 aliphatic carbocycles. The van der Waals surface area contributed by atoms with E-state index in [1.54, 1.807) is 0 Å². The Balaban J connectivity index is 1.58. The average Bonchev–Trinajstić information content (AvgIpc) is 2.37. The lowest BCUT2D eigenvalue weighted by atomic mass is 9.57. The van der Waals surface area contributed by atoms with Crippen LogP contribution in [0.25, 0.3) is 0 Å². The topological polar surface area (TPSA) is 21.3 Å². The highest BCUT2D eigenvalue weighted by molar-refractivity contribution is 5.01. The minimum absolute atomic E-state index is 0.680. The first-order valence-corrected chi connectivity index (χ1v) is 7.29. The maximum absolute atomic E-state index is 5.54. The minimum atomic E-state index is 0.680. The summed E-state index contributed by atoms with van der Waals surface area (Å²) >= 11 is 0. The van der Waals surface area contributed by atoms with Gasteiger partial charge in [-0.2, -0.15) is 0 Å². The van der Waals surface area contributed by atoms with E-state index in [4.69, 9.17) is 4.74 Å². The zero-order chi connectivity index (χ0) is 12.0. The molecule has 2 nitrogen and oxygen atoms in total. The van der Waals surface area contributed by atoms with Crippen LogP contribution in [-0.2, 0) is 4.74 Å². The smallest absolute Gasteiger partial charge is 0.0591 e. The molecule has 1 unspecified atom stereocenters. The molecule has 17 heavy (non-hydrogen) atoms. The first-order chi connectivity index (χ1) is 8.37. The summed E-state index contributed by atoms with van der Waals surface area (Å²) in [6.07, 6.45) is 13.0. The molecule has 2 heteroatoms. The molecular formula is C15H27NO. The van der Waals surface area contributed by atoms with Crippen molar-refractivity contribution in [2.75, 3.05) is 19.8 Å². The first-order valence-electron chi connectivity index (χ1n) is 7.29. The fourth-order valence-electron chi connectivity index (χ4n) is 3.44.